The van der Waals surface area contributed by atoms with Gasteiger partial charge in [0.15, 0.2) is 0 Å². The van der Waals surface area contributed by atoms with Crippen molar-refractivity contribution in [1.82, 2.24) is 5.43 Å². The van der Waals surface area contributed by atoms with E-state index < -0.39 is 0 Å². The lowest BCUT2D eigenvalue weighted by molar-refractivity contribution is 0.0324. The summed E-state index contributed by atoms with van der Waals surface area (Å²) in [5.74, 6) is 7.30. The highest BCUT2D eigenvalue weighted by Gasteiger charge is 2.35. The SMILES string of the molecule is NNC(C1CCOCC1)C1Cc2ccccc2O1. The molecule has 1 fully saturated rings. The first-order valence-electron chi connectivity index (χ1n) is 6.67. The van der Waals surface area contributed by atoms with Crippen LogP contribution in [0.3, 0.4) is 0 Å². The van der Waals surface area contributed by atoms with Crippen LogP contribution in [0.1, 0.15) is 18.4 Å². The molecule has 0 aliphatic carbocycles. The number of para-hydroxylation sites is 1. The van der Waals surface area contributed by atoms with Gasteiger partial charge in [0.05, 0.1) is 6.04 Å². The van der Waals surface area contributed by atoms with Crippen LogP contribution in [-0.2, 0) is 11.2 Å². The molecule has 0 saturated carbocycles. The first-order valence-corrected chi connectivity index (χ1v) is 6.67. The molecule has 3 N–H and O–H groups in total. The van der Waals surface area contributed by atoms with E-state index in [0.29, 0.717) is 5.92 Å². The molecule has 0 bridgehead atoms. The van der Waals surface area contributed by atoms with Crippen LogP contribution >= 0.6 is 0 Å². The van der Waals surface area contributed by atoms with Crippen molar-refractivity contribution in [3.63, 3.8) is 0 Å². The molecule has 98 valence electrons. The van der Waals surface area contributed by atoms with E-state index in [2.05, 4.69) is 17.6 Å². The summed E-state index contributed by atoms with van der Waals surface area (Å²) in [5.41, 5.74) is 4.25. The highest BCUT2D eigenvalue weighted by atomic mass is 16.5. The summed E-state index contributed by atoms with van der Waals surface area (Å²) in [4.78, 5) is 0. The van der Waals surface area contributed by atoms with E-state index in [1.807, 2.05) is 12.1 Å². The standard InChI is InChI=1S/C14H20N2O2/c15-16-14(10-5-7-17-8-6-10)13-9-11-3-1-2-4-12(11)18-13/h1-4,10,13-14,16H,5-9,15H2. The third-order valence-electron chi connectivity index (χ3n) is 4.04. The maximum absolute atomic E-state index is 6.03. The van der Waals surface area contributed by atoms with Crippen molar-refractivity contribution in [2.75, 3.05) is 13.2 Å². The molecule has 1 saturated heterocycles. The lowest BCUT2D eigenvalue weighted by atomic mass is 9.87. The van der Waals surface area contributed by atoms with Crippen molar-refractivity contribution >= 4 is 0 Å². The van der Waals surface area contributed by atoms with Crippen molar-refractivity contribution in [2.24, 2.45) is 11.8 Å². The zero-order valence-electron chi connectivity index (χ0n) is 10.5. The van der Waals surface area contributed by atoms with Crippen LogP contribution in [0.25, 0.3) is 0 Å². The minimum Gasteiger partial charge on any atom is -0.488 e. The minimum atomic E-state index is 0.149. The summed E-state index contributed by atoms with van der Waals surface area (Å²) >= 11 is 0. The predicted molar refractivity (Wildman–Crippen MR) is 69.2 cm³/mol. The molecule has 2 aliphatic rings. The second-order valence-corrected chi connectivity index (χ2v) is 5.11. The highest BCUT2D eigenvalue weighted by molar-refractivity contribution is 5.37. The van der Waals surface area contributed by atoms with Crippen LogP contribution in [-0.4, -0.2) is 25.4 Å². The Morgan fingerprint density at radius 3 is 2.72 bits per heavy atom. The Balaban J connectivity index is 1.71. The molecule has 0 aromatic heterocycles. The summed E-state index contributed by atoms with van der Waals surface area (Å²) in [6, 6.07) is 8.45. The molecule has 0 spiro atoms. The monoisotopic (exact) mass is 248 g/mol. The molecular formula is C14H20N2O2. The maximum Gasteiger partial charge on any atom is 0.123 e. The van der Waals surface area contributed by atoms with Gasteiger partial charge in [0.1, 0.15) is 11.9 Å². The van der Waals surface area contributed by atoms with Crippen molar-refractivity contribution in [2.45, 2.75) is 31.4 Å². The Morgan fingerprint density at radius 2 is 2.00 bits per heavy atom. The Labute approximate surface area is 107 Å². The topological polar surface area (TPSA) is 56.5 Å². The molecule has 2 aliphatic heterocycles. The van der Waals surface area contributed by atoms with E-state index in [1.165, 1.54) is 5.56 Å². The number of hydrogen-bond acceptors (Lipinski definition) is 4. The molecule has 3 rings (SSSR count). The van der Waals surface area contributed by atoms with E-state index in [9.17, 15) is 0 Å². The summed E-state index contributed by atoms with van der Waals surface area (Å²) in [6.07, 6.45) is 3.22. The third kappa shape index (κ3) is 2.23. The van der Waals surface area contributed by atoms with Gasteiger partial charge in [-0.1, -0.05) is 18.2 Å². The minimum absolute atomic E-state index is 0.149. The fourth-order valence-electron chi connectivity index (χ4n) is 3.03. The van der Waals surface area contributed by atoms with Crippen LogP contribution in [0.2, 0.25) is 0 Å². The molecule has 4 nitrogen and oxygen atoms in total. The van der Waals surface area contributed by atoms with Crippen molar-refractivity contribution in [1.29, 1.82) is 0 Å². The van der Waals surface area contributed by atoms with Gasteiger partial charge in [-0.3, -0.25) is 11.3 Å². The molecule has 0 radical (unpaired) electrons. The number of hydrazine groups is 1. The first kappa shape index (κ1) is 12.0. The number of ether oxygens (including phenoxy) is 2. The molecule has 2 atom stereocenters. The maximum atomic E-state index is 6.03. The van der Waals surface area contributed by atoms with Crippen LogP contribution in [0.5, 0.6) is 5.75 Å². The average molecular weight is 248 g/mol. The summed E-state index contributed by atoms with van der Waals surface area (Å²) in [7, 11) is 0. The summed E-state index contributed by atoms with van der Waals surface area (Å²) < 4.78 is 11.4. The smallest absolute Gasteiger partial charge is 0.123 e. The zero-order valence-corrected chi connectivity index (χ0v) is 10.5. The van der Waals surface area contributed by atoms with Gasteiger partial charge in [-0.25, -0.2) is 0 Å². The molecule has 2 heterocycles. The fourth-order valence-corrected chi connectivity index (χ4v) is 3.03. The van der Waals surface area contributed by atoms with E-state index >= 15 is 0 Å². The number of fused-ring (bicyclic) bond motifs is 1. The first-order chi connectivity index (χ1) is 8.88. The quantitative estimate of drug-likeness (QED) is 0.624. The van der Waals surface area contributed by atoms with E-state index in [1.54, 1.807) is 0 Å². The number of rotatable bonds is 3. The second kappa shape index (κ2) is 5.26. The Morgan fingerprint density at radius 1 is 1.22 bits per heavy atom. The van der Waals surface area contributed by atoms with Gasteiger partial charge in [0.2, 0.25) is 0 Å². The van der Waals surface area contributed by atoms with E-state index in [0.717, 1.165) is 38.2 Å². The average Bonchev–Trinajstić information content (AvgIpc) is 2.84. The van der Waals surface area contributed by atoms with Gasteiger partial charge < -0.3 is 9.47 Å². The van der Waals surface area contributed by atoms with Crippen LogP contribution in [0.15, 0.2) is 24.3 Å². The van der Waals surface area contributed by atoms with E-state index in [-0.39, 0.29) is 12.1 Å². The van der Waals surface area contributed by atoms with Crippen LogP contribution in [0.4, 0.5) is 0 Å². The Hall–Kier alpha value is -1.10. The van der Waals surface area contributed by atoms with Gasteiger partial charge in [0.25, 0.3) is 0 Å². The summed E-state index contributed by atoms with van der Waals surface area (Å²) in [6.45, 7) is 1.67. The third-order valence-corrected chi connectivity index (χ3v) is 4.04. The van der Waals surface area contributed by atoms with Gasteiger partial charge in [-0.05, 0) is 30.4 Å². The van der Waals surface area contributed by atoms with Crippen LogP contribution < -0.4 is 16.0 Å². The van der Waals surface area contributed by atoms with Crippen molar-refractivity contribution in [3.8, 4) is 5.75 Å². The van der Waals surface area contributed by atoms with Gasteiger partial charge in [0, 0.05) is 19.6 Å². The van der Waals surface area contributed by atoms with Crippen molar-refractivity contribution < 1.29 is 9.47 Å². The van der Waals surface area contributed by atoms with Gasteiger partial charge >= 0.3 is 0 Å². The second-order valence-electron chi connectivity index (χ2n) is 5.11. The molecule has 1 aromatic rings. The molecule has 4 heteroatoms. The number of benzene rings is 1. The van der Waals surface area contributed by atoms with Crippen LogP contribution in [0, 0.1) is 5.92 Å². The molecule has 18 heavy (non-hydrogen) atoms. The van der Waals surface area contributed by atoms with Gasteiger partial charge in [-0.2, -0.15) is 0 Å². The Kier molecular flexibility index (Phi) is 3.50. The largest absolute Gasteiger partial charge is 0.488 e. The summed E-state index contributed by atoms with van der Waals surface area (Å²) in [5, 5.41) is 0. The normalized spacial score (nSPS) is 25.5. The van der Waals surface area contributed by atoms with Gasteiger partial charge in [-0.15, -0.1) is 0 Å². The molecule has 0 amide bonds. The zero-order chi connectivity index (χ0) is 12.4. The number of hydrogen-bond donors (Lipinski definition) is 2. The highest BCUT2D eigenvalue weighted by Crippen LogP contribution is 2.32. The fraction of sp³-hybridized carbons (Fsp3) is 0.571. The predicted octanol–water partition coefficient (Wildman–Crippen LogP) is 1.25. The number of nitrogens with one attached hydrogen (secondary N) is 1. The lowest BCUT2D eigenvalue weighted by Gasteiger charge is -2.33. The lowest BCUT2D eigenvalue weighted by Crippen LogP contribution is -2.51. The molecular weight excluding hydrogens is 228 g/mol. The number of nitrogens with two attached hydrogens (primary N) is 1. The van der Waals surface area contributed by atoms with Crippen molar-refractivity contribution in [3.05, 3.63) is 29.8 Å². The molecule has 1 aromatic carbocycles. The Bertz CT molecular complexity index is 380. The molecule has 2 unspecified atom stereocenters. The van der Waals surface area contributed by atoms with E-state index in [4.69, 9.17) is 15.3 Å².